The molecular weight excluding hydrogens is 414 g/mol. The minimum Gasteiger partial charge on any atom is -0.247 e. The van der Waals surface area contributed by atoms with Crippen molar-refractivity contribution in [2.75, 3.05) is 13.1 Å². The molecule has 30 heavy (non-hydrogen) atoms. The summed E-state index contributed by atoms with van der Waals surface area (Å²) in [6, 6.07) is 11.4. The minimum atomic E-state index is -4.16. The minimum absolute atomic E-state index is 0.0441. The van der Waals surface area contributed by atoms with E-state index in [9.17, 15) is 22.0 Å². The van der Waals surface area contributed by atoms with E-state index in [1.54, 1.807) is 24.3 Å². The Morgan fingerprint density at radius 2 is 1.83 bits per heavy atom. The van der Waals surface area contributed by atoms with E-state index in [-0.39, 0.29) is 24.7 Å². The lowest BCUT2D eigenvalue weighted by Gasteiger charge is -2.31. The third-order valence-corrected chi connectivity index (χ3v) is 7.12. The van der Waals surface area contributed by atoms with Crippen molar-refractivity contribution in [1.29, 1.82) is 0 Å². The van der Waals surface area contributed by atoms with E-state index in [1.807, 2.05) is 6.07 Å². The van der Waals surface area contributed by atoms with Crippen molar-refractivity contribution in [3.63, 3.8) is 0 Å². The number of benzene rings is 2. The maximum atomic E-state index is 14.2. The molecule has 1 aromatic heterocycles. The summed E-state index contributed by atoms with van der Waals surface area (Å²) in [5.74, 6) is -1.88. The van der Waals surface area contributed by atoms with E-state index >= 15 is 0 Å². The van der Waals surface area contributed by atoms with Crippen molar-refractivity contribution < 1.29 is 17.2 Å². The summed E-state index contributed by atoms with van der Waals surface area (Å²) in [7, 11) is -2.62. The van der Waals surface area contributed by atoms with Gasteiger partial charge in [-0.25, -0.2) is 31.2 Å². The average molecular weight is 434 g/mol. The summed E-state index contributed by atoms with van der Waals surface area (Å²) < 4.78 is 57.2. The van der Waals surface area contributed by atoms with Gasteiger partial charge in [0.25, 0.3) is 0 Å². The smallest absolute Gasteiger partial charge is 0.247 e. The fourth-order valence-corrected chi connectivity index (χ4v) is 5.33. The van der Waals surface area contributed by atoms with Crippen LogP contribution in [0.4, 0.5) is 8.78 Å². The van der Waals surface area contributed by atoms with Gasteiger partial charge in [-0.3, -0.25) is 0 Å². The highest BCUT2D eigenvalue weighted by Crippen LogP contribution is 2.30. The van der Waals surface area contributed by atoms with E-state index in [1.165, 1.54) is 20.6 Å². The molecule has 1 unspecified atom stereocenters. The Balaban J connectivity index is 1.71. The average Bonchev–Trinajstić information content (AvgIpc) is 3.03. The molecule has 2 aromatic carbocycles. The zero-order valence-corrected chi connectivity index (χ0v) is 17.0. The molecular formula is C20H20F2N4O3S. The molecule has 0 spiro atoms. The molecule has 1 aliphatic heterocycles. The van der Waals surface area contributed by atoms with Gasteiger partial charge in [0.1, 0.15) is 22.4 Å². The first-order valence-corrected chi connectivity index (χ1v) is 10.9. The molecule has 0 saturated carbocycles. The van der Waals surface area contributed by atoms with Gasteiger partial charge in [0.2, 0.25) is 10.0 Å². The Kier molecular flexibility index (Phi) is 5.29. The summed E-state index contributed by atoms with van der Waals surface area (Å²) in [6.45, 7) is 0.250. The predicted octanol–water partition coefficient (Wildman–Crippen LogP) is 2.42. The number of hydrogen-bond donors (Lipinski definition) is 0. The number of sulfonamides is 1. The van der Waals surface area contributed by atoms with Crippen LogP contribution in [0.3, 0.4) is 0 Å². The Morgan fingerprint density at radius 1 is 1.10 bits per heavy atom. The van der Waals surface area contributed by atoms with Crippen LogP contribution in [0.25, 0.3) is 5.69 Å². The fourth-order valence-electron chi connectivity index (χ4n) is 3.76. The lowest BCUT2D eigenvalue weighted by molar-refractivity contribution is 0.306. The first-order valence-electron chi connectivity index (χ1n) is 9.45. The standard InChI is InChI=1S/C20H20F2N4O3S/c1-24-20(27)26(16-7-3-2-4-8-16)19(23-24)14-6-5-11-25(13-14)30(28,29)18-10-9-15(21)12-17(18)22/h2-4,7-10,12,14H,5-6,11,13H2,1H3. The van der Waals surface area contributed by atoms with Gasteiger partial charge >= 0.3 is 5.69 Å². The van der Waals surface area contributed by atoms with Crippen LogP contribution in [0.1, 0.15) is 24.6 Å². The topological polar surface area (TPSA) is 77.2 Å². The van der Waals surface area contributed by atoms with Crippen LogP contribution in [-0.2, 0) is 17.1 Å². The van der Waals surface area contributed by atoms with E-state index in [4.69, 9.17) is 0 Å². The summed E-state index contributed by atoms with van der Waals surface area (Å²) in [6.07, 6.45) is 1.15. The largest absolute Gasteiger partial charge is 0.350 e. The Morgan fingerprint density at radius 3 is 2.53 bits per heavy atom. The predicted molar refractivity (Wildman–Crippen MR) is 106 cm³/mol. The summed E-state index contributed by atoms with van der Waals surface area (Å²) >= 11 is 0. The van der Waals surface area contributed by atoms with Crippen LogP contribution in [0.5, 0.6) is 0 Å². The van der Waals surface area contributed by atoms with Crippen LogP contribution >= 0.6 is 0 Å². The number of aromatic nitrogens is 3. The van der Waals surface area contributed by atoms with Gasteiger partial charge in [-0.15, -0.1) is 0 Å². The molecule has 4 rings (SSSR count). The molecule has 0 aliphatic carbocycles. The Hall–Kier alpha value is -2.85. The van der Waals surface area contributed by atoms with Crippen molar-refractivity contribution in [3.05, 3.63) is 76.5 Å². The molecule has 0 amide bonds. The van der Waals surface area contributed by atoms with Gasteiger partial charge in [-0.1, -0.05) is 18.2 Å². The molecule has 10 heteroatoms. The zero-order valence-electron chi connectivity index (χ0n) is 16.2. The quantitative estimate of drug-likeness (QED) is 0.632. The molecule has 0 bridgehead atoms. The SMILES string of the molecule is Cn1nc(C2CCCN(S(=O)(=O)c3ccc(F)cc3F)C2)n(-c2ccccc2)c1=O. The summed E-state index contributed by atoms with van der Waals surface area (Å²) in [5.41, 5.74) is 0.302. The Bertz CT molecular complexity index is 1240. The summed E-state index contributed by atoms with van der Waals surface area (Å²) in [5, 5.41) is 4.35. The second-order valence-electron chi connectivity index (χ2n) is 7.21. The number of aryl methyl sites for hydroxylation is 1. The molecule has 0 N–H and O–H groups in total. The van der Waals surface area contributed by atoms with Gasteiger partial charge < -0.3 is 0 Å². The van der Waals surface area contributed by atoms with Crippen LogP contribution in [0.2, 0.25) is 0 Å². The lowest BCUT2D eigenvalue weighted by atomic mass is 9.98. The molecule has 1 saturated heterocycles. The third kappa shape index (κ3) is 3.56. The number of halogens is 2. The molecule has 2 heterocycles. The van der Waals surface area contributed by atoms with Gasteiger partial charge in [0.05, 0.1) is 5.69 Å². The van der Waals surface area contributed by atoms with Crippen molar-refractivity contribution in [3.8, 4) is 5.69 Å². The highest BCUT2D eigenvalue weighted by Gasteiger charge is 2.35. The highest BCUT2D eigenvalue weighted by molar-refractivity contribution is 7.89. The highest BCUT2D eigenvalue weighted by atomic mass is 32.2. The molecule has 1 atom stereocenters. The lowest BCUT2D eigenvalue weighted by Crippen LogP contribution is -2.40. The van der Waals surface area contributed by atoms with Crippen LogP contribution in [-0.4, -0.2) is 40.2 Å². The van der Waals surface area contributed by atoms with Crippen molar-refractivity contribution in [1.82, 2.24) is 18.7 Å². The van der Waals surface area contributed by atoms with Crippen molar-refractivity contribution in [2.45, 2.75) is 23.7 Å². The number of piperidine rings is 1. The van der Waals surface area contributed by atoms with Crippen LogP contribution < -0.4 is 5.69 Å². The Labute approximate surface area is 172 Å². The molecule has 1 aliphatic rings. The monoisotopic (exact) mass is 434 g/mol. The van der Waals surface area contributed by atoms with Gasteiger partial charge in [0.15, 0.2) is 0 Å². The third-order valence-electron chi connectivity index (χ3n) is 5.23. The first-order chi connectivity index (χ1) is 14.3. The van der Waals surface area contributed by atoms with Crippen molar-refractivity contribution >= 4 is 10.0 Å². The van der Waals surface area contributed by atoms with Crippen LogP contribution in [0, 0.1) is 11.6 Å². The van der Waals surface area contributed by atoms with Gasteiger partial charge in [-0.05, 0) is 37.1 Å². The molecule has 7 nitrogen and oxygen atoms in total. The number of rotatable bonds is 4. The fraction of sp³-hybridized carbons (Fsp3) is 0.300. The van der Waals surface area contributed by atoms with E-state index in [0.717, 1.165) is 12.1 Å². The molecule has 1 fully saturated rings. The van der Waals surface area contributed by atoms with E-state index in [2.05, 4.69) is 5.10 Å². The zero-order chi connectivity index (χ0) is 21.5. The van der Waals surface area contributed by atoms with Gasteiger partial charge in [0, 0.05) is 32.1 Å². The van der Waals surface area contributed by atoms with E-state index < -0.39 is 26.6 Å². The van der Waals surface area contributed by atoms with Gasteiger partial charge in [-0.2, -0.15) is 9.40 Å². The van der Waals surface area contributed by atoms with E-state index in [0.29, 0.717) is 30.4 Å². The van der Waals surface area contributed by atoms with Crippen LogP contribution in [0.15, 0.2) is 58.2 Å². The summed E-state index contributed by atoms with van der Waals surface area (Å²) in [4.78, 5) is 12.1. The number of hydrogen-bond acceptors (Lipinski definition) is 4. The maximum absolute atomic E-state index is 14.2. The first kappa shape index (κ1) is 20.4. The maximum Gasteiger partial charge on any atom is 0.350 e. The second-order valence-corrected chi connectivity index (χ2v) is 9.12. The number of nitrogens with zero attached hydrogens (tertiary/aromatic N) is 4. The number of para-hydroxylation sites is 1. The van der Waals surface area contributed by atoms with Crippen molar-refractivity contribution in [2.24, 2.45) is 7.05 Å². The molecule has 158 valence electrons. The molecule has 0 radical (unpaired) electrons. The normalized spacial score (nSPS) is 17.9. The second kappa shape index (κ2) is 7.77. The molecule has 3 aromatic rings.